The van der Waals surface area contributed by atoms with Crippen molar-refractivity contribution in [1.82, 2.24) is 0 Å². The minimum absolute atomic E-state index is 0.929. The van der Waals surface area contributed by atoms with Crippen molar-refractivity contribution in [2.24, 2.45) is 5.16 Å². The topological polar surface area (TPSA) is 30.8 Å². The number of oxime groups is 1. The average molecular weight is 394 g/mol. The van der Waals surface area contributed by atoms with Gasteiger partial charge in [-0.3, -0.25) is 0 Å². The predicted molar refractivity (Wildman–Crippen MR) is 120 cm³/mol. The van der Waals surface area contributed by atoms with E-state index < -0.39 is 16.6 Å². The van der Waals surface area contributed by atoms with Gasteiger partial charge in [-0.2, -0.15) is 0 Å². The summed E-state index contributed by atoms with van der Waals surface area (Å²) in [5, 5.41) is 4.25. The van der Waals surface area contributed by atoms with E-state index in [1.54, 1.807) is 0 Å². The van der Waals surface area contributed by atoms with Gasteiger partial charge in [-0.25, -0.2) is 0 Å². The highest BCUT2D eigenvalue weighted by atomic mass is 28.4. The third kappa shape index (κ3) is 10.8. The van der Waals surface area contributed by atoms with Crippen molar-refractivity contribution in [3.8, 4) is 5.75 Å². The zero-order chi connectivity index (χ0) is 19.6. The second kappa shape index (κ2) is 10.9. The van der Waals surface area contributed by atoms with Crippen LogP contribution >= 0.6 is 0 Å². The normalized spacial score (nSPS) is 12.6. The molecule has 0 saturated heterocycles. The first-order chi connectivity index (χ1) is 12.1. The third-order valence-corrected chi connectivity index (χ3v) is 5.31. The number of aryl methyl sites for hydroxylation is 1. The molecule has 0 amide bonds. The van der Waals surface area contributed by atoms with Crippen molar-refractivity contribution in [2.75, 3.05) is 0 Å². The molecule has 0 bridgehead atoms. The molecule has 1 aromatic rings. The van der Waals surface area contributed by atoms with Crippen LogP contribution in [-0.4, -0.2) is 22.8 Å². The Morgan fingerprint density at radius 3 is 2.15 bits per heavy atom. The highest BCUT2D eigenvalue weighted by Crippen LogP contribution is 2.23. The Morgan fingerprint density at radius 1 is 0.885 bits per heavy atom. The number of rotatable bonds is 12. The summed E-state index contributed by atoms with van der Waals surface area (Å²) in [4.78, 5) is 0. The fraction of sp³-hybridized carbons (Fsp3) is 0.667. The van der Waals surface area contributed by atoms with Gasteiger partial charge in [0.1, 0.15) is 5.75 Å². The molecule has 0 N–H and O–H groups in total. The van der Waals surface area contributed by atoms with Crippen LogP contribution in [0.1, 0.15) is 56.6 Å². The summed E-state index contributed by atoms with van der Waals surface area (Å²) in [6.45, 7) is 15.3. The molecule has 148 valence electrons. The Kier molecular flexibility index (Phi) is 9.65. The van der Waals surface area contributed by atoms with Crippen LogP contribution < -0.4 is 4.43 Å². The molecule has 0 aliphatic heterocycles. The van der Waals surface area contributed by atoms with Gasteiger partial charge in [0, 0.05) is 5.56 Å². The van der Waals surface area contributed by atoms with E-state index in [-0.39, 0.29) is 0 Å². The summed E-state index contributed by atoms with van der Waals surface area (Å²) in [5.74, 6) is 0.929. The van der Waals surface area contributed by atoms with Crippen molar-refractivity contribution >= 4 is 22.8 Å². The maximum Gasteiger partial charge on any atom is 0.278 e. The van der Waals surface area contributed by atoms with E-state index in [9.17, 15) is 0 Å². The molecule has 1 rings (SSSR count). The fourth-order valence-corrected chi connectivity index (χ4v) is 3.84. The second-order valence-electron chi connectivity index (χ2n) is 9.04. The van der Waals surface area contributed by atoms with E-state index >= 15 is 0 Å². The van der Waals surface area contributed by atoms with Gasteiger partial charge in [0.2, 0.25) is 8.32 Å². The molecule has 0 aliphatic carbocycles. The van der Waals surface area contributed by atoms with E-state index in [4.69, 9.17) is 8.95 Å². The Morgan fingerprint density at radius 2 is 1.54 bits per heavy atom. The van der Waals surface area contributed by atoms with Crippen LogP contribution in [0, 0.1) is 0 Å². The van der Waals surface area contributed by atoms with Crippen LogP contribution in [0.4, 0.5) is 0 Å². The predicted octanol–water partition coefficient (Wildman–Crippen LogP) is 6.99. The molecule has 26 heavy (non-hydrogen) atoms. The van der Waals surface area contributed by atoms with Crippen molar-refractivity contribution < 1.29 is 8.95 Å². The summed E-state index contributed by atoms with van der Waals surface area (Å²) in [7, 11) is -3.32. The molecule has 0 atom stereocenters. The quantitative estimate of drug-likeness (QED) is 0.166. The average Bonchev–Trinajstić information content (AvgIpc) is 2.50. The molecule has 1 aromatic carbocycles. The van der Waals surface area contributed by atoms with Gasteiger partial charge in [-0.05, 0) is 69.8 Å². The van der Waals surface area contributed by atoms with Gasteiger partial charge < -0.3 is 8.95 Å². The molecular weight excluding hydrogens is 354 g/mol. The molecule has 0 spiro atoms. The van der Waals surface area contributed by atoms with Gasteiger partial charge in [0.15, 0.2) is 0 Å². The van der Waals surface area contributed by atoms with Crippen molar-refractivity contribution in [2.45, 2.75) is 91.2 Å². The number of hydrogen-bond donors (Lipinski definition) is 0. The van der Waals surface area contributed by atoms with Gasteiger partial charge in [-0.1, -0.05) is 45.1 Å². The maximum absolute atomic E-state index is 6.24. The molecular formula is C21H39NO2Si2. The fourth-order valence-electron chi connectivity index (χ4n) is 2.63. The van der Waals surface area contributed by atoms with Crippen molar-refractivity contribution in [1.29, 1.82) is 0 Å². The zero-order valence-corrected chi connectivity index (χ0v) is 20.0. The minimum atomic E-state index is -1.66. The monoisotopic (exact) mass is 393 g/mol. The Labute approximate surface area is 163 Å². The van der Waals surface area contributed by atoms with Crippen LogP contribution in [0.25, 0.3) is 0 Å². The van der Waals surface area contributed by atoms with Crippen LogP contribution in [-0.2, 0) is 10.9 Å². The van der Waals surface area contributed by atoms with E-state index in [1.165, 1.54) is 44.1 Å². The number of unbranched alkanes of at least 4 members (excludes halogenated alkanes) is 5. The molecule has 0 fully saturated rings. The first kappa shape index (κ1) is 23.0. The lowest BCUT2D eigenvalue weighted by molar-refractivity contribution is 0.338. The third-order valence-electron chi connectivity index (χ3n) is 3.83. The summed E-state index contributed by atoms with van der Waals surface area (Å²) in [6, 6.07) is 6.54. The summed E-state index contributed by atoms with van der Waals surface area (Å²) in [5.41, 5.74) is 2.40. The van der Waals surface area contributed by atoms with Crippen LogP contribution in [0.5, 0.6) is 5.75 Å². The van der Waals surface area contributed by atoms with Gasteiger partial charge in [-0.15, -0.1) is 5.16 Å². The molecule has 0 aliphatic rings. The molecule has 0 saturated carbocycles. The molecule has 5 heteroatoms. The Balaban J connectivity index is 2.77. The molecule has 0 unspecified atom stereocenters. The summed E-state index contributed by atoms with van der Waals surface area (Å²) >= 11 is 0. The van der Waals surface area contributed by atoms with E-state index in [1.807, 2.05) is 6.21 Å². The first-order valence-electron chi connectivity index (χ1n) is 10.1. The minimum Gasteiger partial charge on any atom is -0.544 e. The number of benzene rings is 1. The molecule has 3 nitrogen and oxygen atoms in total. The lowest BCUT2D eigenvalue weighted by Crippen LogP contribution is -2.29. The van der Waals surface area contributed by atoms with E-state index in [2.05, 4.69) is 69.6 Å². The second-order valence-corrected chi connectivity index (χ2v) is 17.9. The van der Waals surface area contributed by atoms with Gasteiger partial charge in [0.25, 0.3) is 8.32 Å². The zero-order valence-electron chi connectivity index (χ0n) is 18.0. The lowest BCUT2D eigenvalue weighted by atomic mass is 10.0. The van der Waals surface area contributed by atoms with Crippen molar-refractivity contribution in [3.05, 3.63) is 29.3 Å². The van der Waals surface area contributed by atoms with Gasteiger partial charge >= 0.3 is 0 Å². The molecule has 0 aromatic heterocycles. The first-order valence-corrected chi connectivity index (χ1v) is 17.0. The highest BCUT2D eigenvalue weighted by molar-refractivity contribution is 6.70. The van der Waals surface area contributed by atoms with Crippen LogP contribution in [0.15, 0.2) is 23.4 Å². The molecule has 0 heterocycles. The van der Waals surface area contributed by atoms with E-state index in [0.29, 0.717) is 0 Å². The lowest BCUT2D eigenvalue weighted by Gasteiger charge is -2.21. The summed E-state index contributed by atoms with van der Waals surface area (Å²) < 4.78 is 11.9. The number of hydrogen-bond acceptors (Lipinski definition) is 3. The van der Waals surface area contributed by atoms with Crippen molar-refractivity contribution in [3.63, 3.8) is 0 Å². The standard InChI is InChI=1S/C21H39NO2Si2/c1-8-9-10-11-12-13-14-19-15-16-21(23-25(2,3)4)20(17-19)18-22-24-26(5,6)7/h15-18H,8-14H2,1-7H3. The Bertz CT molecular complexity index is 560. The van der Waals surface area contributed by atoms with E-state index in [0.717, 1.165) is 17.7 Å². The van der Waals surface area contributed by atoms with Crippen LogP contribution in [0.3, 0.4) is 0 Å². The number of nitrogens with zero attached hydrogens (tertiary/aromatic N) is 1. The Hall–Kier alpha value is -1.08. The van der Waals surface area contributed by atoms with Gasteiger partial charge in [0.05, 0.1) is 6.21 Å². The van der Waals surface area contributed by atoms with Crippen LogP contribution in [0.2, 0.25) is 39.3 Å². The smallest absolute Gasteiger partial charge is 0.278 e. The SMILES string of the molecule is CCCCCCCCc1ccc(O[Si](C)(C)C)c(C=NO[Si](C)(C)C)c1. The maximum atomic E-state index is 6.24. The highest BCUT2D eigenvalue weighted by Gasteiger charge is 2.19. The molecule has 0 radical (unpaired) electrons. The largest absolute Gasteiger partial charge is 0.544 e. The summed E-state index contributed by atoms with van der Waals surface area (Å²) in [6.07, 6.45) is 10.9.